The van der Waals surface area contributed by atoms with Gasteiger partial charge in [0.2, 0.25) is 16.8 Å². The summed E-state index contributed by atoms with van der Waals surface area (Å²) in [6.45, 7) is 5.90. The van der Waals surface area contributed by atoms with Gasteiger partial charge in [-0.05, 0) is 42.9 Å². The van der Waals surface area contributed by atoms with E-state index in [1.54, 1.807) is 0 Å². The number of likely N-dealkylation sites (N-methyl/N-ethyl adjacent to an activating group) is 1. The Morgan fingerprint density at radius 1 is 1.10 bits per heavy atom. The van der Waals surface area contributed by atoms with Gasteiger partial charge < -0.3 is 13.9 Å². The molecule has 3 aromatic rings. The molecule has 4 rings (SSSR count). The number of aromatic nitrogens is 1. The summed E-state index contributed by atoms with van der Waals surface area (Å²) >= 11 is 0. The zero-order valence-corrected chi connectivity index (χ0v) is 17.5. The lowest BCUT2D eigenvalue weighted by Gasteiger charge is -2.30. The lowest BCUT2D eigenvalue weighted by molar-refractivity contribution is 0.173. The number of sulfonamides is 1. The van der Waals surface area contributed by atoms with Crippen molar-refractivity contribution >= 4 is 21.1 Å². The number of H-pyrrole nitrogens is 1. The van der Waals surface area contributed by atoms with E-state index in [2.05, 4.69) is 14.6 Å². The van der Waals surface area contributed by atoms with Crippen LogP contribution in [0.1, 0.15) is 25.5 Å². The third-order valence-electron chi connectivity index (χ3n) is 5.20. The molecule has 1 aliphatic rings. The number of hydrogen-bond donors (Lipinski definition) is 2. The smallest absolute Gasteiger partial charge is 0.417 e. The minimum Gasteiger partial charge on any atom is -0.454 e. The Labute approximate surface area is 173 Å². The molecule has 1 unspecified atom stereocenters. The predicted molar refractivity (Wildman–Crippen MR) is 110 cm³/mol. The van der Waals surface area contributed by atoms with E-state index >= 15 is 0 Å². The Bertz CT molecular complexity index is 1210. The molecule has 0 bridgehead atoms. The average Bonchev–Trinajstić information content (AvgIpc) is 3.35. The highest BCUT2D eigenvalue weighted by molar-refractivity contribution is 7.89. The molecule has 160 valence electrons. The van der Waals surface area contributed by atoms with Crippen molar-refractivity contribution in [3.8, 4) is 11.5 Å². The van der Waals surface area contributed by atoms with Gasteiger partial charge in [0.15, 0.2) is 17.1 Å². The normalized spacial score (nSPS) is 14.5. The summed E-state index contributed by atoms with van der Waals surface area (Å²) in [5, 5.41) is 0. The highest BCUT2D eigenvalue weighted by atomic mass is 32.2. The quantitative estimate of drug-likeness (QED) is 0.560. The molecule has 0 spiro atoms. The first kappa shape index (κ1) is 20.5. The maximum Gasteiger partial charge on any atom is 0.417 e. The van der Waals surface area contributed by atoms with Crippen LogP contribution in [0.3, 0.4) is 0 Å². The SMILES string of the molecule is CCN(CC)C(CNS(=O)(=O)c1ccc2[nH]c(=O)oc2c1)c1ccc2c(c1)OCO2. The van der Waals surface area contributed by atoms with Crippen molar-refractivity contribution in [2.75, 3.05) is 26.4 Å². The van der Waals surface area contributed by atoms with E-state index in [1.165, 1.54) is 18.2 Å². The second-order valence-electron chi connectivity index (χ2n) is 6.87. The first-order valence-electron chi connectivity index (χ1n) is 9.67. The number of nitrogens with one attached hydrogen (secondary N) is 2. The molecule has 0 radical (unpaired) electrons. The van der Waals surface area contributed by atoms with Crippen LogP contribution < -0.4 is 20.0 Å². The zero-order valence-electron chi connectivity index (χ0n) is 16.7. The third kappa shape index (κ3) is 3.93. The number of hydrogen-bond acceptors (Lipinski definition) is 7. The van der Waals surface area contributed by atoms with Crippen molar-refractivity contribution in [1.29, 1.82) is 0 Å². The molecule has 10 heteroatoms. The topological polar surface area (TPSA) is 114 Å². The zero-order chi connectivity index (χ0) is 21.3. The fraction of sp³-hybridized carbons (Fsp3) is 0.350. The molecule has 0 aliphatic carbocycles. The van der Waals surface area contributed by atoms with Crippen LogP contribution in [0, 0.1) is 0 Å². The lowest BCUT2D eigenvalue weighted by Crippen LogP contribution is -2.38. The van der Waals surface area contributed by atoms with Gasteiger partial charge in [-0.25, -0.2) is 17.9 Å². The molecule has 30 heavy (non-hydrogen) atoms. The van der Waals surface area contributed by atoms with Gasteiger partial charge in [-0.15, -0.1) is 0 Å². The lowest BCUT2D eigenvalue weighted by atomic mass is 10.0. The standard InChI is InChI=1S/C20H23N3O6S/c1-3-23(4-2)16(13-5-8-17-19(9-13)28-12-27-17)11-21-30(25,26)14-6-7-15-18(10-14)29-20(24)22-15/h5-10,16,21H,3-4,11-12H2,1-2H3,(H,22,24). The van der Waals surface area contributed by atoms with Crippen LogP contribution in [-0.4, -0.2) is 44.7 Å². The van der Waals surface area contributed by atoms with Gasteiger partial charge >= 0.3 is 5.76 Å². The van der Waals surface area contributed by atoms with Crippen molar-refractivity contribution in [1.82, 2.24) is 14.6 Å². The van der Waals surface area contributed by atoms with Crippen LogP contribution in [-0.2, 0) is 10.0 Å². The highest BCUT2D eigenvalue weighted by Crippen LogP contribution is 2.35. The number of nitrogens with zero attached hydrogens (tertiary/aromatic N) is 1. The number of benzene rings is 2. The van der Waals surface area contributed by atoms with Crippen molar-refractivity contribution in [3.63, 3.8) is 0 Å². The Morgan fingerprint density at radius 3 is 2.63 bits per heavy atom. The summed E-state index contributed by atoms with van der Waals surface area (Å²) in [7, 11) is -3.82. The predicted octanol–water partition coefficient (Wildman–Crippen LogP) is 2.21. The molecule has 1 aromatic heterocycles. The maximum absolute atomic E-state index is 12.9. The summed E-state index contributed by atoms with van der Waals surface area (Å²) < 4.78 is 44.3. The molecule has 9 nitrogen and oxygen atoms in total. The molecular weight excluding hydrogens is 410 g/mol. The molecule has 0 saturated heterocycles. The Hall–Kier alpha value is -2.82. The number of rotatable bonds is 8. The van der Waals surface area contributed by atoms with Gasteiger partial charge in [-0.2, -0.15) is 0 Å². The van der Waals surface area contributed by atoms with E-state index in [0.717, 1.165) is 18.7 Å². The molecular formula is C20H23N3O6S. The summed E-state index contributed by atoms with van der Waals surface area (Å²) in [6, 6.07) is 9.73. The second-order valence-corrected chi connectivity index (χ2v) is 8.64. The van der Waals surface area contributed by atoms with Crippen molar-refractivity contribution < 1.29 is 22.3 Å². The molecule has 1 atom stereocenters. The van der Waals surface area contributed by atoms with E-state index in [-0.39, 0.29) is 29.9 Å². The third-order valence-corrected chi connectivity index (χ3v) is 6.63. The first-order chi connectivity index (χ1) is 14.4. The van der Waals surface area contributed by atoms with Crippen LogP contribution in [0.4, 0.5) is 0 Å². The van der Waals surface area contributed by atoms with Gasteiger partial charge in [0.05, 0.1) is 10.4 Å². The maximum atomic E-state index is 12.9. The summed E-state index contributed by atoms with van der Waals surface area (Å²) in [4.78, 5) is 16.0. The van der Waals surface area contributed by atoms with Crippen LogP contribution in [0.25, 0.3) is 11.1 Å². The van der Waals surface area contributed by atoms with Crippen molar-refractivity contribution in [2.24, 2.45) is 0 Å². The fourth-order valence-electron chi connectivity index (χ4n) is 3.61. The minimum absolute atomic E-state index is 0.0294. The molecule has 0 fully saturated rings. The summed E-state index contributed by atoms with van der Waals surface area (Å²) in [6.07, 6.45) is 0. The second kappa shape index (κ2) is 8.13. The number of fused-ring (bicyclic) bond motifs is 2. The number of aromatic amines is 1. The van der Waals surface area contributed by atoms with Gasteiger partial charge in [-0.3, -0.25) is 9.88 Å². The Kier molecular flexibility index (Phi) is 5.54. The van der Waals surface area contributed by atoms with E-state index in [1.807, 2.05) is 32.0 Å². The van der Waals surface area contributed by atoms with Crippen molar-refractivity contribution in [3.05, 3.63) is 52.5 Å². The van der Waals surface area contributed by atoms with E-state index in [9.17, 15) is 13.2 Å². The van der Waals surface area contributed by atoms with E-state index in [4.69, 9.17) is 13.9 Å². The average molecular weight is 433 g/mol. The number of ether oxygens (including phenoxy) is 2. The molecule has 2 aromatic carbocycles. The monoisotopic (exact) mass is 433 g/mol. The van der Waals surface area contributed by atoms with Crippen LogP contribution in [0.15, 0.2) is 50.5 Å². The largest absolute Gasteiger partial charge is 0.454 e. The summed E-state index contributed by atoms with van der Waals surface area (Å²) in [5.74, 6) is 0.705. The van der Waals surface area contributed by atoms with Crippen LogP contribution in [0.5, 0.6) is 11.5 Å². The van der Waals surface area contributed by atoms with Crippen LogP contribution in [0.2, 0.25) is 0 Å². The van der Waals surface area contributed by atoms with Gasteiger partial charge in [0.25, 0.3) is 0 Å². The first-order valence-corrected chi connectivity index (χ1v) is 11.2. The molecule has 0 amide bonds. The minimum atomic E-state index is -3.82. The van der Waals surface area contributed by atoms with Gasteiger partial charge in [-0.1, -0.05) is 19.9 Å². The molecule has 1 aliphatic heterocycles. The summed E-state index contributed by atoms with van der Waals surface area (Å²) in [5.41, 5.74) is 1.57. The van der Waals surface area contributed by atoms with Gasteiger partial charge in [0.1, 0.15) is 0 Å². The van der Waals surface area contributed by atoms with E-state index < -0.39 is 15.8 Å². The molecule has 2 N–H and O–H groups in total. The fourth-order valence-corrected chi connectivity index (χ4v) is 4.66. The Balaban J connectivity index is 1.59. The molecule has 0 saturated carbocycles. The van der Waals surface area contributed by atoms with Gasteiger partial charge in [0, 0.05) is 18.7 Å². The van der Waals surface area contributed by atoms with Crippen molar-refractivity contribution in [2.45, 2.75) is 24.8 Å². The van der Waals surface area contributed by atoms with Crippen LogP contribution >= 0.6 is 0 Å². The number of oxazole rings is 1. The molecule has 2 heterocycles. The highest BCUT2D eigenvalue weighted by Gasteiger charge is 2.24. The Morgan fingerprint density at radius 2 is 1.87 bits per heavy atom. The van der Waals surface area contributed by atoms with E-state index in [0.29, 0.717) is 17.0 Å².